The molecule has 0 spiro atoms. The summed E-state index contributed by atoms with van der Waals surface area (Å²) in [5.74, 6) is -0.388. The van der Waals surface area contributed by atoms with E-state index >= 15 is 0 Å². The fourth-order valence-corrected chi connectivity index (χ4v) is 6.05. The van der Waals surface area contributed by atoms with Gasteiger partial charge in [0, 0.05) is 50.1 Å². The third-order valence-corrected chi connectivity index (χ3v) is 8.41. The lowest BCUT2D eigenvalue weighted by Crippen LogP contribution is -2.50. The van der Waals surface area contributed by atoms with Crippen LogP contribution < -0.4 is 21.3 Å². The molecule has 5 N–H and O–H groups in total. The highest BCUT2D eigenvalue weighted by Gasteiger charge is 2.33. The molecule has 0 saturated carbocycles. The smallest absolute Gasteiger partial charge is 0.314 e. The lowest BCUT2D eigenvalue weighted by Gasteiger charge is -2.28. The van der Waals surface area contributed by atoms with Gasteiger partial charge in [-0.1, -0.05) is 78.5 Å². The van der Waals surface area contributed by atoms with E-state index in [1.807, 2.05) is 86.6 Å². The number of carbonyl (C=O) groups is 3. The third-order valence-electron chi connectivity index (χ3n) is 7.21. The molecule has 0 unspecified atom stereocenters. The number of fused-ring (bicyclic) bond motifs is 1. The second-order valence-corrected chi connectivity index (χ2v) is 12.6. The van der Waals surface area contributed by atoms with Crippen LogP contribution in [0.5, 0.6) is 0 Å². The Morgan fingerprint density at radius 2 is 1.74 bits per heavy atom. The van der Waals surface area contributed by atoms with Crippen molar-refractivity contribution in [1.82, 2.24) is 26.2 Å². The fourth-order valence-electron chi connectivity index (χ4n) is 4.92. The summed E-state index contributed by atoms with van der Waals surface area (Å²) in [5.41, 5.74) is 4.49. The van der Waals surface area contributed by atoms with Gasteiger partial charge in [-0.05, 0) is 54.7 Å². The standard InChI is InChI=1S/C33H41N5O4S/c1-22(39)18-36-33(2,3)17-29(40)37-30-31(41)38(21-26-10-6-8-12-28(26)43-30)20-23-13-15-24(16-14-23)27-11-7-5-9-25(27)19-35-32(42)34-4/h5-16,22,30,36,39H,17-21H2,1-4H3,(H,37,40)(H2,34,35,42)/t22-,30-/m1/s1. The number of benzene rings is 3. The molecule has 228 valence electrons. The molecule has 1 aliphatic heterocycles. The number of β-amino-alcohol motifs (C(OH)–C–C–N with tert-alkyl or cyclic N) is 1. The summed E-state index contributed by atoms with van der Waals surface area (Å²) in [7, 11) is 1.59. The van der Waals surface area contributed by atoms with Gasteiger partial charge >= 0.3 is 6.03 Å². The zero-order valence-electron chi connectivity index (χ0n) is 25.1. The molecule has 9 nitrogen and oxygen atoms in total. The predicted molar refractivity (Wildman–Crippen MR) is 170 cm³/mol. The topological polar surface area (TPSA) is 123 Å². The molecule has 3 aromatic carbocycles. The number of nitrogens with zero attached hydrogens (tertiary/aromatic N) is 1. The third kappa shape index (κ3) is 9.06. The first kappa shape index (κ1) is 32.1. The summed E-state index contributed by atoms with van der Waals surface area (Å²) < 4.78 is 0. The van der Waals surface area contributed by atoms with E-state index in [1.165, 1.54) is 11.8 Å². The molecule has 3 aromatic rings. The molecule has 2 atom stereocenters. The lowest BCUT2D eigenvalue weighted by molar-refractivity contribution is -0.135. The van der Waals surface area contributed by atoms with Gasteiger partial charge in [-0.15, -0.1) is 0 Å². The van der Waals surface area contributed by atoms with Gasteiger partial charge < -0.3 is 31.3 Å². The van der Waals surface area contributed by atoms with E-state index in [2.05, 4.69) is 21.3 Å². The SMILES string of the molecule is CNC(=O)NCc1ccccc1-c1ccc(CN2Cc3ccccc3S[C@@H](NC(=O)CC(C)(C)NC[C@@H](C)O)C2=O)cc1. The van der Waals surface area contributed by atoms with E-state index in [0.29, 0.717) is 26.2 Å². The summed E-state index contributed by atoms with van der Waals surface area (Å²) in [6.07, 6.45) is -0.367. The number of amides is 4. The van der Waals surface area contributed by atoms with Gasteiger partial charge in [0.1, 0.15) is 0 Å². The highest BCUT2D eigenvalue weighted by molar-refractivity contribution is 8.00. The van der Waals surface area contributed by atoms with Crippen LogP contribution in [-0.2, 0) is 29.2 Å². The Labute approximate surface area is 257 Å². The number of aliphatic hydroxyl groups excluding tert-OH is 1. The molecule has 0 bridgehead atoms. The molecule has 0 fully saturated rings. The molecular weight excluding hydrogens is 562 g/mol. The second kappa shape index (κ2) is 14.5. The Kier molecular flexibility index (Phi) is 10.8. The molecule has 4 amide bonds. The van der Waals surface area contributed by atoms with Gasteiger partial charge in [-0.3, -0.25) is 9.59 Å². The molecule has 0 aliphatic carbocycles. The van der Waals surface area contributed by atoms with E-state index in [9.17, 15) is 19.5 Å². The molecule has 10 heteroatoms. The number of rotatable bonds is 11. The minimum atomic E-state index is -0.761. The number of nitrogens with one attached hydrogen (secondary N) is 4. The summed E-state index contributed by atoms with van der Waals surface area (Å²) in [6.45, 7) is 7.09. The zero-order chi connectivity index (χ0) is 31.0. The highest BCUT2D eigenvalue weighted by Crippen LogP contribution is 2.33. The molecule has 1 aliphatic rings. The Morgan fingerprint density at radius 3 is 2.47 bits per heavy atom. The zero-order valence-corrected chi connectivity index (χ0v) is 26.0. The van der Waals surface area contributed by atoms with Crippen LogP contribution in [0.25, 0.3) is 11.1 Å². The van der Waals surface area contributed by atoms with Crippen molar-refractivity contribution in [3.63, 3.8) is 0 Å². The van der Waals surface area contributed by atoms with Crippen LogP contribution in [0.2, 0.25) is 0 Å². The fraction of sp³-hybridized carbons (Fsp3) is 0.364. The minimum Gasteiger partial charge on any atom is -0.392 e. The van der Waals surface area contributed by atoms with Crippen LogP contribution in [0.4, 0.5) is 4.79 Å². The van der Waals surface area contributed by atoms with E-state index in [0.717, 1.165) is 32.7 Å². The number of hydrogen-bond donors (Lipinski definition) is 5. The van der Waals surface area contributed by atoms with Crippen molar-refractivity contribution in [3.8, 4) is 11.1 Å². The number of hydrogen-bond acceptors (Lipinski definition) is 6. The van der Waals surface area contributed by atoms with Gasteiger partial charge in [0.25, 0.3) is 5.91 Å². The average molecular weight is 604 g/mol. The second-order valence-electron chi connectivity index (χ2n) is 11.4. The lowest BCUT2D eigenvalue weighted by atomic mass is 9.98. The minimum absolute atomic E-state index is 0.154. The van der Waals surface area contributed by atoms with Gasteiger partial charge in [0.05, 0.1) is 6.10 Å². The van der Waals surface area contributed by atoms with Crippen LogP contribution in [-0.4, -0.2) is 58.5 Å². The molecule has 4 rings (SSSR count). The summed E-state index contributed by atoms with van der Waals surface area (Å²) in [4.78, 5) is 41.4. The van der Waals surface area contributed by atoms with Gasteiger partial charge in [0.15, 0.2) is 5.37 Å². The van der Waals surface area contributed by atoms with Crippen LogP contribution in [0.15, 0.2) is 77.7 Å². The van der Waals surface area contributed by atoms with E-state index < -0.39 is 17.0 Å². The molecule has 43 heavy (non-hydrogen) atoms. The highest BCUT2D eigenvalue weighted by atomic mass is 32.2. The van der Waals surface area contributed by atoms with E-state index in [-0.39, 0.29) is 24.3 Å². The van der Waals surface area contributed by atoms with Crippen molar-refractivity contribution in [2.24, 2.45) is 0 Å². The summed E-state index contributed by atoms with van der Waals surface area (Å²) in [5, 5.41) is 20.4. The van der Waals surface area contributed by atoms with Gasteiger partial charge in [-0.25, -0.2) is 4.79 Å². The Morgan fingerprint density at radius 1 is 1.05 bits per heavy atom. The first-order valence-corrected chi connectivity index (χ1v) is 15.3. The molecule has 0 radical (unpaired) electrons. The molecule has 1 heterocycles. The number of thioether (sulfide) groups is 1. The normalized spacial score (nSPS) is 15.7. The van der Waals surface area contributed by atoms with Gasteiger partial charge in [-0.2, -0.15) is 0 Å². The van der Waals surface area contributed by atoms with Crippen molar-refractivity contribution in [3.05, 3.63) is 89.5 Å². The summed E-state index contributed by atoms with van der Waals surface area (Å²) >= 11 is 1.36. The molecule has 0 saturated heterocycles. The maximum atomic E-state index is 13.8. The van der Waals surface area contributed by atoms with Crippen LogP contribution in [0.3, 0.4) is 0 Å². The van der Waals surface area contributed by atoms with Crippen LogP contribution in [0, 0.1) is 0 Å². The van der Waals surface area contributed by atoms with Crippen molar-refractivity contribution in [2.45, 2.75) is 68.7 Å². The first-order valence-electron chi connectivity index (χ1n) is 14.4. The monoisotopic (exact) mass is 603 g/mol. The quantitative estimate of drug-likeness (QED) is 0.226. The average Bonchev–Trinajstić information content (AvgIpc) is 3.11. The molecule has 0 aromatic heterocycles. The number of aliphatic hydroxyl groups is 1. The van der Waals surface area contributed by atoms with E-state index in [4.69, 9.17) is 0 Å². The predicted octanol–water partition coefficient (Wildman–Crippen LogP) is 4.00. The van der Waals surface area contributed by atoms with Crippen molar-refractivity contribution >= 4 is 29.6 Å². The number of urea groups is 1. The maximum absolute atomic E-state index is 13.8. The molecular formula is C33H41N5O4S. The number of carbonyl (C=O) groups excluding carboxylic acids is 3. The maximum Gasteiger partial charge on any atom is 0.314 e. The van der Waals surface area contributed by atoms with E-state index in [1.54, 1.807) is 18.9 Å². The van der Waals surface area contributed by atoms with Gasteiger partial charge in [0.2, 0.25) is 5.91 Å². The Hall–Kier alpha value is -3.86. The van der Waals surface area contributed by atoms with Crippen LogP contribution >= 0.6 is 11.8 Å². The Balaban J connectivity index is 1.49. The van der Waals surface area contributed by atoms with Crippen LogP contribution in [0.1, 0.15) is 43.9 Å². The van der Waals surface area contributed by atoms with Crippen molar-refractivity contribution < 1.29 is 19.5 Å². The summed E-state index contributed by atoms with van der Waals surface area (Å²) in [6, 6.07) is 23.7. The van der Waals surface area contributed by atoms with Crippen molar-refractivity contribution in [2.75, 3.05) is 13.6 Å². The largest absolute Gasteiger partial charge is 0.392 e. The Bertz CT molecular complexity index is 1430. The first-order chi connectivity index (χ1) is 20.5. The van der Waals surface area contributed by atoms with Crippen molar-refractivity contribution in [1.29, 1.82) is 0 Å².